The van der Waals surface area contributed by atoms with Crippen LogP contribution in [0.2, 0.25) is 0 Å². The van der Waals surface area contributed by atoms with Crippen molar-refractivity contribution in [1.82, 2.24) is 9.97 Å². The smallest absolute Gasteiger partial charge is 0.147 e. The van der Waals surface area contributed by atoms with Crippen molar-refractivity contribution >= 4 is 5.82 Å². The fourth-order valence-corrected chi connectivity index (χ4v) is 2.95. The van der Waals surface area contributed by atoms with Gasteiger partial charge in [-0.1, -0.05) is 0 Å². The Labute approximate surface area is 89.0 Å². The molecule has 1 aromatic heterocycles. The minimum Gasteiger partial charge on any atom is -0.393 e. The number of piperidine rings is 1. The predicted molar refractivity (Wildman–Crippen MR) is 56.6 cm³/mol. The molecule has 2 bridgehead atoms. The molecule has 0 spiro atoms. The number of rotatable bonds is 1. The molecular formula is C11H15N3O. The number of aliphatic hydroxyl groups is 1. The summed E-state index contributed by atoms with van der Waals surface area (Å²) in [7, 11) is 0. The van der Waals surface area contributed by atoms with Gasteiger partial charge in [0.25, 0.3) is 0 Å². The third-order valence-corrected chi connectivity index (χ3v) is 3.52. The first kappa shape index (κ1) is 9.09. The zero-order chi connectivity index (χ0) is 10.3. The second kappa shape index (κ2) is 3.45. The van der Waals surface area contributed by atoms with Crippen LogP contribution < -0.4 is 4.90 Å². The van der Waals surface area contributed by atoms with Crippen LogP contribution in [0.5, 0.6) is 0 Å². The molecule has 2 atom stereocenters. The first-order valence-electron chi connectivity index (χ1n) is 5.57. The molecule has 15 heavy (non-hydrogen) atoms. The van der Waals surface area contributed by atoms with E-state index >= 15 is 0 Å². The van der Waals surface area contributed by atoms with Crippen LogP contribution in [0.4, 0.5) is 5.82 Å². The lowest BCUT2D eigenvalue weighted by Crippen LogP contribution is -2.45. The normalized spacial score (nSPS) is 34.5. The molecular weight excluding hydrogens is 190 g/mol. The standard InChI is InChI=1S/C11H15N3O/c15-10-5-8-1-2-9(6-10)14(8)11-7-12-3-4-13-11/h3-4,7-10,15H,1-2,5-6H2. The van der Waals surface area contributed by atoms with E-state index < -0.39 is 0 Å². The lowest BCUT2D eigenvalue weighted by Gasteiger charge is -2.37. The van der Waals surface area contributed by atoms with Gasteiger partial charge in [-0.05, 0) is 25.7 Å². The van der Waals surface area contributed by atoms with Crippen molar-refractivity contribution in [3.63, 3.8) is 0 Å². The molecule has 2 saturated heterocycles. The molecule has 3 rings (SSSR count). The van der Waals surface area contributed by atoms with Crippen molar-refractivity contribution in [2.75, 3.05) is 4.90 Å². The van der Waals surface area contributed by atoms with E-state index in [0.717, 1.165) is 18.7 Å². The second-order valence-electron chi connectivity index (χ2n) is 4.48. The second-order valence-corrected chi connectivity index (χ2v) is 4.48. The number of anilines is 1. The molecule has 4 heteroatoms. The molecule has 2 unspecified atom stereocenters. The van der Waals surface area contributed by atoms with Crippen LogP contribution in [0.15, 0.2) is 18.6 Å². The molecule has 0 amide bonds. The first-order chi connectivity index (χ1) is 7.34. The Morgan fingerprint density at radius 2 is 1.93 bits per heavy atom. The number of nitrogens with zero attached hydrogens (tertiary/aromatic N) is 3. The third kappa shape index (κ3) is 1.49. The molecule has 2 fully saturated rings. The molecule has 4 nitrogen and oxygen atoms in total. The van der Waals surface area contributed by atoms with Gasteiger partial charge in [-0.15, -0.1) is 0 Å². The summed E-state index contributed by atoms with van der Waals surface area (Å²) >= 11 is 0. The van der Waals surface area contributed by atoms with Crippen LogP contribution in [0.25, 0.3) is 0 Å². The summed E-state index contributed by atoms with van der Waals surface area (Å²) in [5.41, 5.74) is 0. The Kier molecular flexibility index (Phi) is 2.09. The van der Waals surface area contributed by atoms with Gasteiger partial charge in [0.05, 0.1) is 12.3 Å². The molecule has 0 radical (unpaired) electrons. The van der Waals surface area contributed by atoms with E-state index in [-0.39, 0.29) is 6.10 Å². The molecule has 1 aromatic rings. The molecule has 0 saturated carbocycles. The lowest BCUT2D eigenvalue weighted by molar-refractivity contribution is 0.126. The van der Waals surface area contributed by atoms with E-state index in [4.69, 9.17) is 0 Å². The number of hydrogen-bond donors (Lipinski definition) is 1. The number of aromatic nitrogens is 2. The van der Waals surface area contributed by atoms with Crippen LogP contribution in [0.3, 0.4) is 0 Å². The van der Waals surface area contributed by atoms with E-state index in [0.29, 0.717) is 12.1 Å². The van der Waals surface area contributed by atoms with Gasteiger partial charge in [0.2, 0.25) is 0 Å². The Bertz CT molecular complexity index is 329. The number of aliphatic hydroxyl groups excluding tert-OH is 1. The first-order valence-corrected chi connectivity index (χ1v) is 5.57. The van der Waals surface area contributed by atoms with Crippen molar-refractivity contribution in [1.29, 1.82) is 0 Å². The van der Waals surface area contributed by atoms with Crippen molar-refractivity contribution in [3.05, 3.63) is 18.6 Å². The van der Waals surface area contributed by atoms with Crippen LogP contribution in [-0.2, 0) is 0 Å². The fourth-order valence-electron chi connectivity index (χ4n) is 2.95. The average Bonchev–Trinajstić information content (AvgIpc) is 2.53. The van der Waals surface area contributed by atoms with Gasteiger partial charge in [0, 0.05) is 24.5 Å². The minimum atomic E-state index is -0.115. The van der Waals surface area contributed by atoms with Gasteiger partial charge in [-0.3, -0.25) is 4.98 Å². The summed E-state index contributed by atoms with van der Waals surface area (Å²) in [6.45, 7) is 0. The van der Waals surface area contributed by atoms with E-state index in [2.05, 4.69) is 14.9 Å². The quantitative estimate of drug-likeness (QED) is 0.742. The van der Waals surface area contributed by atoms with Gasteiger partial charge >= 0.3 is 0 Å². The molecule has 2 aliphatic heterocycles. The summed E-state index contributed by atoms with van der Waals surface area (Å²) < 4.78 is 0. The highest BCUT2D eigenvalue weighted by Crippen LogP contribution is 2.37. The maximum absolute atomic E-state index is 9.69. The van der Waals surface area contributed by atoms with E-state index in [1.807, 2.05) is 6.20 Å². The molecule has 0 aliphatic carbocycles. The number of fused-ring (bicyclic) bond motifs is 2. The highest BCUT2D eigenvalue weighted by atomic mass is 16.3. The van der Waals surface area contributed by atoms with Gasteiger partial charge in [0.1, 0.15) is 5.82 Å². The zero-order valence-corrected chi connectivity index (χ0v) is 8.58. The van der Waals surface area contributed by atoms with Crippen molar-refractivity contribution in [2.24, 2.45) is 0 Å². The SMILES string of the molecule is OC1CC2CCC(C1)N2c1cnccn1. The summed E-state index contributed by atoms with van der Waals surface area (Å²) in [4.78, 5) is 10.8. The monoisotopic (exact) mass is 205 g/mol. The molecule has 80 valence electrons. The summed E-state index contributed by atoms with van der Waals surface area (Å²) in [6, 6.07) is 0.936. The lowest BCUT2D eigenvalue weighted by atomic mass is 10.0. The predicted octanol–water partition coefficient (Wildman–Crippen LogP) is 0.969. The highest BCUT2D eigenvalue weighted by molar-refractivity contribution is 5.41. The van der Waals surface area contributed by atoms with Gasteiger partial charge in [-0.25, -0.2) is 4.98 Å². The average molecular weight is 205 g/mol. The van der Waals surface area contributed by atoms with Crippen LogP contribution in [-0.4, -0.2) is 33.3 Å². The van der Waals surface area contributed by atoms with E-state index in [1.54, 1.807) is 12.4 Å². The third-order valence-electron chi connectivity index (χ3n) is 3.52. The topological polar surface area (TPSA) is 49.2 Å². The van der Waals surface area contributed by atoms with Gasteiger partial charge < -0.3 is 10.0 Å². The summed E-state index contributed by atoms with van der Waals surface area (Å²) in [5.74, 6) is 0.969. The molecule has 2 aliphatic rings. The minimum absolute atomic E-state index is 0.115. The largest absolute Gasteiger partial charge is 0.393 e. The maximum atomic E-state index is 9.69. The van der Waals surface area contributed by atoms with Crippen molar-refractivity contribution in [3.8, 4) is 0 Å². The molecule has 3 heterocycles. The Morgan fingerprint density at radius 1 is 1.20 bits per heavy atom. The maximum Gasteiger partial charge on any atom is 0.147 e. The highest BCUT2D eigenvalue weighted by Gasteiger charge is 2.40. The number of hydrogen-bond acceptors (Lipinski definition) is 4. The van der Waals surface area contributed by atoms with Crippen molar-refractivity contribution < 1.29 is 5.11 Å². The Balaban J connectivity index is 1.89. The summed E-state index contributed by atoms with van der Waals surface area (Å²) in [6.07, 6.45) is 9.26. The van der Waals surface area contributed by atoms with Gasteiger partial charge in [-0.2, -0.15) is 0 Å². The van der Waals surface area contributed by atoms with Gasteiger partial charge in [0.15, 0.2) is 0 Å². The Hall–Kier alpha value is -1.16. The Morgan fingerprint density at radius 3 is 2.53 bits per heavy atom. The van der Waals surface area contributed by atoms with Crippen molar-refractivity contribution in [2.45, 2.75) is 43.9 Å². The molecule has 0 aromatic carbocycles. The van der Waals surface area contributed by atoms with Crippen LogP contribution >= 0.6 is 0 Å². The van der Waals surface area contributed by atoms with E-state index in [1.165, 1.54) is 12.8 Å². The van der Waals surface area contributed by atoms with E-state index in [9.17, 15) is 5.11 Å². The molecule has 1 N–H and O–H groups in total. The van der Waals surface area contributed by atoms with Crippen LogP contribution in [0.1, 0.15) is 25.7 Å². The fraction of sp³-hybridized carbons (Fsp3) is 0.636. The van der Waals surface area contributed by atoms with Crippen LogP contribution in [0, 0.1) is 0 Å². The summed E-state index contributed by atoms with van der Waals surface area (Å²) in [5, 5.41) is 9.69. The zero-order valence-electron chi connectivity index (χ0n) is 8.58.